The Kier molecular flexibility index (Phi) is 6.10. The lowest BCUT2D eigenvalue weighted by atomic mass is 10.3. The average Bonchev–Trinajstić information content (AvgIpc) is 3.02. The van der Waals surface area contributed by atoms with Crippen molar-refractivity contribution < 1.29 is 13.2 Å². The van der Waals surface area contributed by atoms with E-state index in [-0.39, 0.29) is 6.04 Å². The highest BCUT2D eigenvalue weighted by Crippen LogP contribution is 2.20. The van der Waals surface area contributed by atoms with Crippen LogP contribution in [0.5, 0.6) is 0 Å². The molecular formula is C13H18BrF3N4S. The molecule has 22 heavy (non-hydrogen) atoms. The van der Waals surface area contributed by atoms with Gasteiger partial charge in [-0.25, -0.2) is 0 Å². The molecule has 0 bridgehead atoms. The number of nitrogens with zero attached hydrogens (tertiary/aromatic N) is 2. The van der Waals surface area contributed by atoms with Crippen molar-refractivity contribution in [3.8, 4) is 0 Å². The van der Waals surface area contributed by atoms with E-state index < -0.39 is 12.7 Å². The van der Waals surface area contributed by atoms with Gasteiger partial charge in [-0.05, 0) is 28.4 Å². The molecule has 2 rings (SSSR count). The summed E-state index contributed by atoms with van der Waals surface area (Å²) >= 11 is 5.02. The molecular weight excluding hydrogens is 381 g/mol. The van der Waals surface area contributed by atoms with Crippen LogP contribution < -0.4 is 10.6 Å². The molecule has 1 atom stereocenters. The maximum absolute atomic E-state index is 12.4. The van der Waals surface area contributed by atoms with Crippen LogP contribution in [0.15, 0.2) is 20.9 Å². The molecule has 0 radical (unpaired) electrons. The van der Waals surface area contributed by atoms with Crippen molar-refractivity contribution in [1.82, 2.24) is 15.5 Å². The topological polar surface area (TPSA) is 39.7 Å². The summed E-state index contributed by atoms with van der Waals surface area (Å²) in [4.78, 5) is 6.69. The molecule has 124 valence electrons. The van der Waals surface area contributed by atoms with Gasteiger partial charge in [0.1, 0.15) is 0 Å². The van der Waals surface area contributed by atoms with Crippen molar-refractivity contribution in [1.29, 1.82) is 0 Å². The first-order valence-corrected chi connectivity index (χ1v) is 8.52. The standard InChI is InChI=1S/C13H18BrF3N4S/c1-18-12(19-5-11-4-9(14)7-22-11)20-10-2-3-21(6-10)8-13(15,16)17/h4,7,10H,2-3,5-6,8H2,1H3,(H2,18,19,20). The lowest BCUT2D eigenvalue weighted by Crippen LogP contribution is -2.44. The maximum Gasteiger partial charge on any atom is 0.401 e. The summed E-state index contributed by atoms with van der Waals surface area (Å²) in [6.07, 6.45) is -3.46. The zero-order valence-electron chi connectivity index (χ0n) is 12.1. The number of rotatable bonds is 4. The Hall–Kier alpha value is -0.800. The summed E-state index contributed by atoms with van der Waals surface area (Å²) in [7, 11) is 1.65. The van der Waals surface area contributed by atoms with E-state index in [9.17, 15) is 13.2 Å². The molecule has 1 aliphatic rings. The molecule has 9 heteroatoms. The predicted octanol–water partition coefficient (Wildman–Crippen LogP) is 2.81. The molecule has 2 heterocycles. The normalized spacial score (nSPS) is 20.4. The molecule has 1 saturated heterocycles. The van der Waals surface area contributed by atoms with Gasteiger partial charge >= 0.3 is 6.18 Å². The maximum atomic E-state index is 12.4. The minimum atomic E-state index is -4.14. The Bertz CT molecular complexity index is 518. The average molecular weight is 399 g/mol. The first-order valence-electron chi connectivity index (χ1n) is 6.85. The number of hydrogen-bond donors (Lipinski definition) is 2. The molecule has 1 aromatic heterocycles. The number of thiophene rings is 1. The van der Waals surface area contributed by atoms with Gasteiger partial charge in [0.2, 0.25) is 0 Å². The number of guanidine groups is 1. The third-order valence-electron chi connectivity index (χ3n) is 3.29. The third kappa shape index (κ3) is 5.77. The fourth-order valence-electron chi connectivity index (χ4n) is 2.35. The fourth-order valence-corrected chi connectivity index (χ4v) is 3.74. The van der Waals surface area contributed by atoms with E-state index in [1.165, 1.54) is 4.90 Å². The first kappa shape index (κ1) is 17.6. The molecule has 0 spiro atoms. The molecule has 0 amide bonds. The van der Waals surface area contributed by atoms with Gasteiger partial charge < -0.3 is 10.6 Å². The highest BCUT2D eigenvalue weighted by atomic mass is 79.9. The van der Waals surface area contributed by atoms with Crippen molar-refractivity contribution in [2.45, 2.75) is 25.2 Å². The predicted molar refractivity (Wildman–Crippen MR) is 86.3 cm³/mol. The quantitative estimate of drug-likeness (QED) is 0.604. The van der Waals surface area contributed by atoms with Gasteiger partial charge in [-0.15, -0.1) is 11.3 Å². The number of hydrogen-bond acceptors (Lipinski definition) is 3. The zero-order valence-corrected chi connectivity index (χ0v) is 14.5. The van der Waals surface area contributed by atoms with E-state index in [1.54, 1.807) is 18.4 Å². The van der Waals surface area contributed by atoms with Crippen LogP contribution in [0.25, 0.3) is 0 Å². The van der Waals surface area contributed by atoms with Crippen LogP contribution in [-0.2, 0) is 6.54 Å². The number of nitrogens with one attached hydrogen (secondary N) is 2. The third-order valence-corrected chi connectivity index (χ3v) is 4.99. The molecule has 0 aromatic carbocycles. The zero-order chi connectivity index (χ0) is 16.2. The van der Waals surface area contributed by atoms with Crippen molar-refractivity contribution in [2.75, 3.05) is 26.7 Å². The Balaban J connectivity index is 1.77. The number of likely N-dealkylation sites (tertiary alicyclic amines) is 1. The van der Waals surface area contributed by atoms with Gasteiger partial charge in [0.25, 0.3) is 0 Å². The van der Waals surface area contributed by atoms with Crippen molar-refractivity contribution in [3.63, 3.8) is 0 Å². The number of alkyl halides is 3. The van der Waals surface area contributed by atoms with Gasteiger partial charge in [0.15, 0.2) is 5.96 Å². The Labute approximate surface area is 139 Å². The molecule has 4 nitrogen and oxygen atoms in total. The Morgan fingerprint density at radius 3 is 2.91 bits per heavy atom. The van der Waals surface area contributed by atoms with Crippen LogP contribution in [0, 0.1) is 0 Å². The highest BCUT2D eigenvalue weighted by Gasteiger charge is 2.34. The van der Waals surface area contributed by atoms with Crippen LogP contribution in [0.4, 0.5) is 13.2 Å². The summed E-state index contributed by atoms with van der Waals surface area (Å²) in [6, 6.07) is 2.01. The molecule has 1 unspecified atom stereocenters. The molecule has 1 fully saturated rings. The van der Waals surface area contributed by atoms with E-state index in [0.29, 0.717) is 32.0 Å². The minimum Gasteiger partial charge on any atom is -0.352 e. The van der Waals surface area contributed by atoms with Gasteiger partial charge in [-0.2, -0.15) is 13.2 Å². The smallest absolute Gasteiger partial charge is 0.352 e. The minimum absolute atomic E-state index is 0.0105. The number of aliphatic imine (C=N–C) groups is 1. The lowest BCUT2D eigenvalue weighted by Gasteiger charge is -2.19. The van der Waals surface area contributed by atoms with Crippen LogP contribution in [-0.4, -0.2) is 49.8 Å². The molecule has 0 aliphatic carbocycles. The van der Waals surface area contributed by atoms with Crippen molar-refractivity contribution in [2.24, 2.45) is 4.99 Å². The van der Waals surface area contributed by atoms with E-state index in [1.807, 2.05) is 11.4 Å². The second kappa shape index (κ2) is 7.65. The fraction of sp³-hybridized carbons (Fsp3) is 0.615. The Morgan fingerprint density at radius 2 is 2.32 bits per heavy atom. The largest absolute Gasteiger partial charge is 0.401 e. The van der Waals surface area contributed by atoms with Crippen LogP contribution >= 0.6 is 27.3 Å². The summed E-state index contributed by atoms with van der Waals surface area (Å²) in [5.74, 6) is 0.614. The van der Waals surface area contributed by atoms with E-state index >= 15 is 0 Å². The van der Waals surface area contributed by atoms with Crippen LogP contribution in [0.2, 0.25) is 0 Å². The van der Waals surface area contributed by atoms with Crippen LogP contribution in [0.1, 0.15) is 11.3 Å². The van der Waals surface area contributed by atoms with Gasteiger partial charge in [0, 0.05) is 40.9 Å². The Morgan fingerprint density at radius 1 is 1.55 bits per heavy atom. The SMILES string of the molecule is CN=C(NCc1cc(Br)cs1)NC1CCN(CC(F)(F)F)C1. The van der Waals surface area contributed by atoms with Gasteiger partial charge in [-0.3, -0.25) is 9.89 Å². The van der Waals surface area contributed by atoms with Gasteiger partial charge in [-0.1, -0.05) is 0 Å². The van der Waals surface area contributed by atoms with E-state index in [4.69, 9.17) is 0 Å². The second-order valence-electron chi connectivity index (χ2n) is 5.14. The van der Waals surface area contributed by atoms with Crippen molar-refractivity contribution in [3.05, 3.63) is 20.8 Å². The monoisotopic (exact) mass is 398 g/mol. The summed E-state index contributed by atoms with van der Waals surface area (Å²) in [6.45, 7) is 0.617. The van der Waals surface area contributed by atoms with Crippen molar-refractivity contribution >= 4 is 33.2 Å². The first-order chi connectivity index (χ1) is 10.4. The summed E-state index contributed by atoms with van der Waals surface area (Å²) in [5, 5.41) is 8.36. The van der Waals surface area contributed by atoms with E-state index in [0.717, 1.165) is 9.35 Å². The van der Waals surface area contributed by atoms with E-state index in [2.05, 4.69) is 31.6 Å². The second-order valence-corrected chi connectivity index (χ2v) is 7.05. The van der Waals surface area contributed by atoms with Gasteiger partial charge in [0.05, 0.1) is 13.1 Å². The summed E-state index contributed by atoms with van der Waals surface area (Å²) in [5.41, 5.74) is 0. The molecule has 2 N–H and O–H groups in total. The summed E-state index contributed by atoms with van der Waals surface area (Å²) < 4.78 is 38.2. The highest BCUT2D eigenvalue weighted by molar-refractivity contribution is 9.10. The molecule has 0 saturated carbocycles. The lowest BCUT2D eigenvalue weighted by molar-refractivity contribution is -0.143. The number of halogens is 4. The molecule has 1 aromatic rings. The molecule has 1 aliphatic heterocycles. The van der Waals surface area contributed by atoms with Crippen LogP contribution in [0.3, 0.4) is 0 Å².